The van der Waals surface area contributed by atoms with Crippen LogP contribution >= 0.6 is 0 Å². The van der Waals surface area contributed by atoms with Crippen molar-refractivity contribution in [2.75, 3.05) is 12.3 Å². The van der Waals surface area contributed by atoms with E-state index in [0.717, 1.165) is 13.1 Å². The quantitative estimate of drug-likeness (QED) is 0.837. The largest absolute Gasteiger partial charge is 0.397 e. The van der Waals surface area contributed by atoms with Gasteiger partial charge in [-0.15, -0.1) is 0 Å². The SMILES string of the molecule is CCn1cc(N)cc1C(=O)NCC1CC1(C)C. The third-order valence-corrected chi connectivity index (χ3v) is 3.72. The molecule has 2 rings (SSSR count). The van der Waals surface area contributed by atoms with Gasteiger partial charge >= 0.3 is 0 Å². The van der Waals surface area contributed by atoms with Gasteiger partial charge in [0, 0.05) is 19.3 Å². The maximum absolute atomic E-state index is 12.0. The van der Waals surface area contributed by atoms with Crippen LogP contribution in [0.4, 0.5) is 5.69 Å². The number of nitrogens with two attached hydrogens (primary N) is 1. The number of hydrogen-bond donors (Lipinski definition) is 2. The molecule has 1 saturated carbocycles. The van der Waals surface area contributed by atoms with Crippen molar-refractivity contribution in [2.45, 2.75) is 33.7 Å². The first-order chi connectivity index (χ1) is 7.94. The van der Waals surface area contributed by atoms with Crippen LogP contribution in [0.3, 0.4) is 0 Å². The Morgan fingerprint density at radius 2 is 2.29 bits per heavy atom. The number of rotatable bonds is 4. The molecule has 1 fully saturated rings. The van der Waals surface area contributed by atoms with E-state index in [4.69, 9.17) is 5.73 Å². The van der Waals surface area contributed by atoms with E-state index in [2.05, 4.69) is 19.2 Å². The van der Waals surface area contributed by atoms with Gasteiger partial charge in [0.15, 0.2) is 0 Å². The molecule has 0 radical (unpaired) electrons. The fourth-order valence-electron chi connectivity index (χ4n) is 2.22. The van der Waals surface area contributed by atoms with Crippen molar-refractivity contribution in [3.8, 4) is 0 Å². The lowest BCUT2D eigenvalue weighted by atomic mass is 10.1. The second-order valence-electron chi connectivity index (χ2n) is 5.54. The Hall–Kier alpha value is -1.45. The maximum atomic E-state index is 12.0. The molecule has 3 N–H and O–H groups in total. The summed E-state index contributed by atoms with van der Waals surface area (Å²) in [6, 6.07) is 1.73. The summed E-state index contributed by atoms with van der Waals surface area (Å²) in [6.07, 6.45) is 3.00. The second kappa shape index (κ2) is 4.09. The van der Waals surface area contributed by atoms with Crippen LogP contribution in [-0.4, -0.2) is 17.0 Å². The van der Waals surface area contributed by atoms with Gasteiger partial charge in [-0.2, -0.15) is 0 Å². The van der Waals surface area contributed by atoms with Crippen molar-refractivity contribution in [3.63, 3.8) is 0 Å². The molecule has 0 spiro atoms. The molecular weight excluding hydrogens is 214 g/mol. The van der Waals surface area contributed by atoms with Crippen molar-refractivity contribution in [1.29, 1.82) is 0 Å². The minimum absolute atomic E-state index is 0.0220. The Kier molecular flexibility index (Phi) is 2.89. The molecule has 0 aromatic carbocycles. The van der Waals surface area contributed by atoms with E-state index >= 15 is 0 Å². The highest BCUT2D eigenvalue weighted by Crippen LogP contribution is 2.50. The average Bonchev–Trinajstić information content (AvgIpc) is 2.70. The lowest BCUT2D eigenvalue weighted by Gasteiger charge is -2.08. The van der Waals surface area contributed by atoms with Crippen LogP contribution in [0.2, 0.25) is 0 Å². The molecule has 1 aromatic heterocycles. The smallest absolute Gasteiger partial charge is 0.267 e. The summed E-state index contributed by atoms with van der Waals surface area (Å²) in [5, 5.41) is 2.99. The maximum Gasteiger partial charge on any atom is 0.267 e. The number of nitrogen functional groups attached to an aromatic ring is 1. The highest BCUT2D eigenvalue weighted by atomic mass is 16.1. The summed E-state index contributed by atoms with van der Waals surface area (Å²) in [6.45, 7) is 7.99. The lowest BCUT2D eigenvalue weighted by molar-refractivity contribution is 0.0941. The van der Waals surface area contributed by atoms with Crippen LogP contribution in [-0.2, 0) is 6.54 Å². The van der Waals surface area contributed by atoms with E-state index in [9.17, 15) is 4.79 Å². The fraction of sp³-hybridized carbons (Fsp3) is 0.615. The van der Waals surface area contributed by atoms with Crippen LogP contribution in [0.25, 0.3) is 0 Å². The summed E-state index contributed by atoms with van der Waals surface area (Å²) in [5.74, 6) is 0.597. The second-order valence-corrected chi connectivity index (χ2v) is 5.54. The third-order valence-electron chi connectivity index (χ3n) is 3.72. The number of aromatic nitrogens is 1. The molecule has 0 saturated heterocycles. The molecule has 17 heavy (non-hydrogen) atoms. The number of nitrogens with one attached hydrogen (secondary N) is 1. The van der Waals surface area contributed by atoms with Crippen LogP contribution in [0.1, 0.15) is 37.7 Å². The number of hydrogen-bond acceptors (Lipinski definition) is 2. The van der Waals surface area contributed by atoms with Crippen LogP contribution < -0.4 is 11.1 Å². The number of carbonyl (C=O) groups is 1. The monoisotopic (exact) mass is 235 g/mol. The zero-order valence-electron chi connectivity index (χ0n) is 10.8. The molecule has 1 aliphatic carbocycles. The standard InChI is InChI=1S/C13H21N3O/c1-4-16-8-10(14)5-11(16)12(17)15-7-9-6-13(9,2)3/h5,8-9H,4,6-7,14H2,1-3H3,(H,15,17). The van der Waals surface area contributed by atoms with Gasteiger partial charge in [0.1, 0.15) is 5.69 Å². The molecule has 4 nitrogen and oxygen atoms in total. The molecule has 1 aliphatic rings. The first kappa shape index (κ1) is 12.0. The summed E-state index contributed by atoms with van der Waals surface area (Å²) < 4.78 is 1.88. The van der Waals surface area contributed by atoms with Gasteiger partial charge in [-0.05, 0) is 30.7 Å². The fourth-order valence-corrected chi connectivity index (χ4v) is 2.22. The highest BCUT2D eigenvalue weighted by Gasteiger charge is 2.45. The predicted molar refractivity (Wildman–Crippen MR) is 68.7 cm³/mol. The van der Waals surface area contributed by atoms with E-state index in [1.807, 2.05) is 11.5 Å². The Labute approximate surface area is 102 Å². The van der Waals surface area contributed by atoms with E-state index < -0.39 is 0 Å². The van der Waals surface area contributed by atoms with E-state index in [1.165, 1.54) is 6.42 Å². The molecule has 1 aromatic rings. The molecule has 1 heterocycles. The van der Waals surface area contributed by atoms with Crippen molar-refractivity contribution >= 4 is 11.6 Å². The van der Waals surface area contributed by atoms with Gasteiger partial charge in [-0.1, -0.05) is 13.8 Å². The first-order valence-corrected chi connectivity index (χ1v) is 6.18. The Bertz CT molecular complexity index is 434. The van der Waals surface area contributed by atoms with Crippen molar-refractivity contribution in [1.82, 2.24) is 9.88 Å². The summed E-state index contributed by atoms with van der Waals surface area (Å²) in [5.41, 5.74) is 7.40. The van der Waals surface area contributed by atoms with E-state index in [1.54, 1.807) is 12.3 Å². The van der Waals surface area contributed by atoms with Gasteiger partial charge in [0.2, 0.25) is 0 Å². The Balaban J connectivity index is 1.95. The molecule has 0 bridgehead atoms. The zero-order valence-corrected chi connectivity index (χ0v) is 10.8. The Morgan fingerprint density at radius 3 is 2.82 bits per heavy atom. The average molecular weight is 235 g/mol. The van der Waals surface area contributed by atoms with Gasteiger partial charge in [0.05, 0.1) is 5.69 Å². The lowest BCUT2D eigenvalue weighted by Crippen LogP contribution is -2.28. The van der Waals surface area contributed by atoms with Gasteiger partial charge in [-0.3, -0.25) is 4.79 Å². The number of amides is 1. The molecule has 1 unspecified atom stereocenters. The van der Waals surface area contributed by atoms with Gasteiger partial charge in [-0.25, -0.2) is 0 Å². The molecule has 94 valence electrons. The van der Waals surface area contributed by atoms with Crippen molar-refractivity contribution in [2.24, 2.45) is 11.3 Å². The van der Waals surface area contributed by atoms with Crippen LogP contribution in [0.15, 0.2) is 12.3 Å². The topological polar surface area (TPSA) is 60.0 Å². The normalized spacial score (nSPS) is 21.2. The number of aryl methyl sites for hydroxylation is 1. The van der Waals surface area contributed by atoms with E-state index in [-0.39, 0.29) is 5.91 Å². The highest BCUT2D eigenvalue weighted by molar-refractivity contribution is 5.93. The van der Waals surface area contributed by atoms with E-state index in [0.29, 0.717) is 22.7 Å². The van der Waals surface area contributed by atoms with Crippen molar-refractivity contribution < 1.29 is 4.79 Å². The van der Waals surface area contributed by atoms with Gasteiger partial charge < -0.3 is 15.6 Å². The molecule has 4 heteroatoms. The molecule has 0 aliphatic heterocycles. The predicted octanol–water partition coefficient (Wildman–Crippen LogP) is 1.87. The number of anilines is 1. The third kappa shape index (κ3) is 2.46. The summed E-state index contributed by atoms with van der Waals surface area (Å²) in [7, 11) is 0. The van der Waals surface area contributed by atoms with Crippen LogP contribution in [0.5, 0.6) is 0 Å². The van der Waals surface area contributed by atoms with Crippen LogP contribution in [0, 0.1) is 11.3 Å². The minimum atomic E-state index is -0.0220. The first-order valence-electron chi connectivity index (χ1n) is 6.18. The summed E-state index contributed by atoms with van der Waals surface area (Å²) >= 11 is 0. The zero-order chi connectivity index (χ0) is 12.6. The van der Waals surface area contributed by atoms with Gasteiger partial charge in [0.25, 0.3) is 5.91 Å². The molecular formula is C13H21N3O. The molecule has 1 amide bonds. The minimum Gasteiger partial charge on any atom is -0.397 e. The summed E-state index contributed by atoms with van der Waals surface area (Å²) in [4.78, 5) is 12.0. The number of carbonyl (C=O) groups excluding carboxylic acids is 1. The molecule has 1 atom stereocenters. The van der Waals surface area contributed by atoms with Crippen molar-refractivity contribution in [3.05, 3.63) is 18.0 Å². The Morgan fingerprint density at radius 1 is 1.65 bits per heavy atom. The number of nitrogens with zero attached hydrogens (tertiary/aromatic N) is 1.